The third-order valence-electron chi connectivity index (χ3n) is 3.64. The molecule has 0 fully saturated rings. The first-order valence-electron chi connectivity index (χ1n) is 7.59. The molecule has 21 heavy (non-hydrogen) atoms. The van der Waals surface area contributed by atoms with Crippen LogP contribution in [0.5, 0.6) is 0 Å². The van der Waals surface area contributed by atoms with Gasteiger partial charge in [0.2, 0.25) is 0 Å². The van der Waals surface area contributed by atoms with Crippen molar-refractivity contribution in [3.63, 3.8) is 0 Å². The van der Waals surface area contributed by atoms with Gasteiger partial charge in [-0.3, -0.25) is 4.68 Å². The zero-order valence-corrected chi connectivity index (χ0v) is 14.8. The molecule has 0 saturated heterocycles. The van der Waals surface area contributed by atoms with Crippen molar-refractivity contribution < 1.29 is 0 Å². The summed E-state index contributed by atoms with van der Waals surface area (Å²) in [4.78, 5) is 1.41. The van der Waals surface area contributed by atoms with Crippen LogP contribution in [0.2, 0.25) is 0 Å². The summed E-state index contributed by atoms with van der Waals surface area (Å²) in [7, 11) is 2.00. The van der Waals surface area contributed by atoms with Crippen molar-refractivity contribution in [3.05, 3.63) is 39.8 Å². The van der Waals surface area contributed by atoms with Gasteiger partial charge in [0.1, 0.15) is 0 Å². The zero-order chi connectivity index (χ0) is 15.6. The smallest absolute Gasteiger partial charge is 0.0722 e. The summed E-state index contributed by atoms with van der Waals surface area (Å²) in [5, 5.41) is 10.5. The van der Waals surface area contributed by atoms with Crippen LogP contribution in [-0.2, 0) is 19.0 Å². The molecule has 4 heteroatoms. The van der Waals surface area contributed by atoms with E-state index in [0.717, 1.165) is 6.54 Å². The van der Waals surface area contributed by atoms with E-state index in [0.29, 0.717) is 12.0 Å². The lowest BCUT2D eigenvalue weighted by molar-refractivity contribution is 0.414. The normalized spacial score (nSPS) is 13.9. The van der Waals surface area contributed by atoms with Crippen LogP contribution in [0.4, 0.5) is 0 Å². The SMILES string of the molecule is CC(C)C(NCc1cn(C)nc1C(C)(C)C)c1cccs1. The van der Waals surface area contributed by atoms with E-state index in [1.165, 1.54) is 16.1 Å². The standard InChI is InChI=1S/C17H27N3S/c1-12(2)15(14-8-7-9-21-14)18-10-13-11-20(6)19-16(13)17(3,4)5/h7-9,11-12,15,18H,10H2,1-6H3. The molecule has 0 aliphatic heterocycles. The minimum absolute atomic E-state index is 0.0779. The van der Waals surface area contributed by atoms with Crippen molar-refractivity contribution in [2.45, 2.75) is 52.6 Å². The fourth-order valence-electron chi connectivity index (χ4n) is 2.65. The summed E-state index contributed by atoms with van der Waals surface area (Å²) in [6.45, 7) is 12.1. The third kappa shape index (κ3) is 3.95. The lowest BCUT2D eigenvalue weighted by Gasteiger charge is -2.23. The molecule has 0 aromatic carbocycles. The van der Waals surface area contributed by atoms with Crippen molar-refractivity contribution in [1.82, 2.24) is 15.1 Å². The molecule has 0 spiro atoms. The number of nitrogens with one attached hydrogen (secondary N) is 1. The number of aryl methyl sites for hydroxylation is 1. The molecule has 0 bridgehead atoms. The summed E-state index contributed by atoms with van der Waals surface area (Å²) in [5.41, 5.74) is 2.56. The number of hydrogen-bond donors (Lipinski definition) is 1. The largest absolute Gasteiger partial charge is 0.305 e. The van der Waals surface area contributed by atoms with Gasteiger partial charge in [-0.2, -0.15) is 5.10 Å². The van der Waals surface area contributed by atoms with E-state index in [1.807, 2.05) is 23.1 Å². The molecule has 0 aliphatic rings. The van der Waals surface area contributed by atoms with Crippen LogP contribution in [0.15, 0.2) is 23.7 Å². The average molecular weight is 305 g/mol. The second-order valence-corrected chi connectivity index (χ2v) is 8.02. The lowest BCUT2D eigenvalue weighted by atomic mass is 9.89. The van der Waals surface area contributed by atoms with E-state index in [1.54, 1.807) is 0 Å². The molecule has 2 rings (SSSR count). The van der Waals surface area contributed by atoms with Crippen molar-refractivity contribution >= 4 is 11.3 Å². The highest BCUT2D eigenvalue weighted by Gasteiger charge is 2.23. The highest BCUT2D eigenvalue weighted by atomic mass is 32.1. The predicted octanol–water partition coefficient (Wildman–Crippen LogP) is 4.27. The van der Waals surface area contributed by atoms with Gasteiger partial charge in [-0.05, 0) is 17.4 Å². The lowest BCUT2D eigenvalue weighted by Crippen LogP contribution is -2.26. The first-order valence-corrected chi connectivity index (χ1v) is 8.47. The maximum Gasteiger partial charge on any atom is 0.0722 e. The van der Waals surface area contributed by atoms with Gasteiger partial charge in [0.15, 0.2) is 0 Å². The van der Waals surface area contributed by atoms with Crippen molar-refractivity contribution in [3.8, 4) is 0 Å². The summed E-state index contributed by atoms with van der Waals surface area (Å²) >= 11 is 1.83. The highest BCUT2D eigenvalue weighted by molar-refractivity contribution is 7.10. The Balaban J connectivity index is 2.15. The molecule has 2 heterocycles. The van der Waals surface area contributed by atoms with Crippen LogP contribution < -0.4 is 5.32 Å². The summed E-state index contributed by atoms with van der Waals surface area (Å²) in [6.07, 6.45) is 2.14. The molecule has 116 valence electrons. The van der Waals surface area contributed by atoms with Crippen LogP contribution in [0, 0.1) is 5.92 Å². The molecular formula is C17H27N3S. The van der Waals surface area contributed by atoms with E-state index >= 15 is 0 Å². The van der Waals surface area contributed by atoms with Gasteiger partial charge in [0, 0.05) is 41.7 Å². The fourth-order valence-corrected chi connectivity index (χ4v) is 3.63. The fraction of sp³-hybridized carbons (Fsp3) is 0.588. The summed E-state index contributed by atoms with van der Waals surface area (Å²) < 4.78 is 1.92. The van der Waals surface area contributed by atoms with Crippen LogP contribution in [0.1, 0.15) is 56.8 Å². The minimum atomic E-state index is 0.0779. The van der Waals surface area contributed by atoms with E-state index in [2.05, 4.69) is 68.7 Å². The Morgan fingerprint density at radius 3 is 2.57 bits per heavy atom. The first kappa shape index (κ1) is 16.2. The first-order chi connectivity index (χ1) is 9.79. The van der Waals surface area contributed by atoms with Crippen LogP contribution in [0.3, 0.4) is 0 Å². The topological polar surface area (TPSA) is 29.9 Å². The number of thiophene rings is 1. The van der Waals surface area contributed by atoms with Gasteiger partial charge in [0.25, 0.3) is 0 Å². The molecular weight excluding hydrogens is 278 g/mol. The Kier molecular flexibility index (Phi) is 4.89. The summed E-state index contributed by atoms with van der Waals surface area (Å²) in [5.74, 6) is 0.568. The van der Waals surface area contributed by atoms with Gasteiger partial charge < -0.3 is 5.32 Å². The molecule has 2 aromatic heterocycles. The molecule has 0 amide bonds. The Bertz CT molecular complexity index is 561. The molecule has 3 nitrogen and oxygen atoms in total. The Morgan fingerprint density at radius 2 is 2.05 bits per heavy atom. The second kappa shape index (κ2) is 6.32. The second-order valence-electron chi connectivity index (χ2n) is 7.04. The molecule has 0 saturated carbocycles. The molecule has 2 aromatic rings. The molecule has 1 atom stereocenters. The molecule has 0 radical (unpaired) electrons. The van der Waals surface area contributed by atoms with E-state index < -0.39 is 0 Å². The predicted molar refractivity (Wildman–Crippen MR) is 90.6 cm³/mol. The van der Waals surface area contributed by atoms with Gasteiger partial charge >= 0.3 is 0 Å². The van der Waals surface area contributed by atoms with E-state index in [4.69, 9.17) is 0 Å². The van der Waals surface area contributed by atoms with E-state index in [9.17, 15) is 0 Å². The van der Waals surface area contributed by atoms with Gasteiger partial charge in [-0.25, -0.2) is 0 Å². The highest BCUT2D eigenvalue weighted by Crippen LogP contribution is 2.28. The van der Waals surface area contributed by atoms with E-state index in [-0.39, 0.29) is 5.41 Å². The Morgan fingerprint density at radius 1 is 1.33 bits per heavy atom. The number of rotatable bonds is 5. The zero-order valence-electron chi connectivity index (χ0n) is 14.0. The molecule has 1 unspecified atom stereocenters. The van der Waals surface area contributed by atoms with Crippen LogP contribution in [0.25, 0.3) is 0 Å². The minimum Gasteiger partial charge on any atom is -0.305 e. The van der Waals surface area contributed by atoms with Crippen LogP contribution >= 0.6 is 11.3 Å². The third-order valence-corrected chi connectivity index (χ3v) is 4.60. The van der Waals surface area contributed by atoms with Crippen molar-refractivity contribution in [1.29, 1.82) is 0 Å². The maximum absolute atomic E-state index is 4.65. The quantitative estimate of drug-likeness (QED) is 0.894. The van der Waals surface area contributed by atoms with Gasteiger partial charge in [-0.1, -0.05) is 40.7 Å². The van der Waals surface area contributed by atoms with Crippen molar-refractivity contribution in [2.24, 2.45) is 13.0 Å². The maximum atomic E-state index is 4.65. The number of hydrogen-bond acceptors (Lipinski definition) is 3. The Labute approximate surface area is 132 Å². The number of aromatic nitrogens is 2. The van der Waals surface area contributed by atoms with Gasteiger partial charge in [-0.15, -0.1) is 11.3 Å². The number of nitrogens with zero attached hydrogens (tertiary/aromatic N) is 2. The molecule has 1 N–H and O–H groups in total. The molecule has 0 aliphatic carbocycles. The average Bonchev–Trinajstić information content (AvgIpc) is 2.98. The van der Waals surface area contributed by atoms with Crippen LogP contribution in [-0.4, -0.2) is 9.78 Å². The monoisotopic (exact) mass is 305 g/mol. The van der Waals surface area contributed by atoms with Crippen molar-refractivity contribution in [2.75, 3.05) is 0 Å². The van der Waals surface area contributed by atoms with Gasteiger partial charge in [0.05, 0.1) is 5.69 Å². The Hall–Kier alpha value is -1.13. The summed E-state index contributed by atoms with van der Waals surface area (Å²) in [6, 6.07) is 4.75.